The normalized spacial score (nSPS) is 11.7. The number of hydrogen-bond donors (Lipinski definition) is 2. The van der Waals surface area contributed by atoms with E-state index in [1.165, 1.54) is 42.5 Å². The van der Waals surface area contributed by atoms with Gasteiger partial charge in [0.05, 0.1) is 17.3 Å². The number of nitrogens with one attached hydrogen (secondary N) is 2. The number of rotatable bonds is 5. The van der Waals surface area contributed by atoms with E-state index < -0.39 is 38.5 Å². The second-order valence-corrected chi connectivity index (χ2v) is 10.5. The third kappa shape index (κ3) is 6.38. The van der Waals surface area contributed by atoms with Crippen LogP contribution < -0.4 is 14.8 Å². The molecule has 3 rings (SSSR count). The summed E-state index contributed by atoms with van der Waals surface area (Å²) in [7, 11) is -6.08. The van der Waals surface area contributed by atoms with Crippen LogP contribution in [0.2, 0.25) is 0 Å². The van der Waals surface area contributed by atoms with Crippen molar-refractivity contribution >= 4 is 27.5 Å². The third-order valence-electron chi connectivity index (χ3n) is 5.06. The summed E-state index contributed by atoms with van der Waals surface area (Å²) in [6, 6.07) is 16.7. The number of pyridine rings is 1. The second-order valence-electron chi connectivity index (χ2n) is 8.93. The molecule has 0 saturated heterocycles. The van der Waals surface area contributed by atoms with E-state index in [-0.39, 0.29) is 11.3 Å². The van der Waals surface area contributed by atoms with E-state index in [2.05, 4.69) is 19.8 Å². The molecule has 38 heavy (non-hydrogen) atoms. The van der Waals surface area contributed by atoms with Crippen molar-refractivity contribution < 1.29 is 30.6 Å². The molecule has 0 fully saturated rings. The smallest absolute Gasteiger partial charge is 0.354 e. The van der Waals surface area contributed by atoms with Gasteiger partial charge in [0.1, 0.15) is 11.6 Å². The van der Waals surface area contributed by atoms with Crippen LogP contribution in [0.3, 0.4) is 0 Å². The minimum atomic E-state index is -6.08. The molecule has 1 aromatic heterocycles. The Labute approximate surface area is 216 Å². The maximum absolute atomic E-state index is 13.0. The molecule has 2 aromatic carbocycles. The van der Waals surface area contributed by atoms with Crippen molar-refractivity contribution in [2.24, 2.45) is 0 Å². The molecule has 0 atom stereocenters. The first-order valence-electron chi connectivity index (χ1n) is 10.8. The number of nitriles is 2. The zero-order valence-corrected chi connectivity index (χ0v) is 21.0. The highest BCUT2D eigenvalue weighted by Crippen LogP contribution is 2.36. The van der Waals surface area contributed by atoms with E-state index in [1.54, 1.807) is 39.0 Å². The maximum atomic E-state index is 13.0. The van der Waals surface area contributed by atoms with Crippen LogP contribution >= 0.6 is 0 Å². The van der Waals surface area contributed by atoms with Crippen LogP contribution in [-0.2, 0) is 15.5 Å². The largest absolute Gasteiger partial charge is 0.534 e. The average Bonchev–Trinajstić information content (AvgIpc) is 2.83. The number of urea groups is 1. The van der Waals surface area contributed by atoms with E-state index in [1.807, 2.05) is 6.07 Å². The van der Waals surface area contributed by atoms with Crippen molar-refractivity contribution in [3.05, 3.63) is 71.4 Å². The first kappa shape index (κ1) is 28.0. The van der Waals surface area contributed by atoms with Gasteiger partial charge in [0, 0.05) is 22.4 Å². The van der Waals surface area contributed by atoms with Crippen molar-refractivity contribution in [1.82, 2.24) is 4.98 Å². The molecule has 0 aliphatic rings. The van der Waals surface area contributed by atoms with Crippen LogP contribution in [0, 0.1) is 22.7 Å². The zero-order valence-electron chi connectivity index (χ0n) is 20.2. The van der Waals surface area contributed by atoms with Crippen LogP contribution in [0.1, 0.15) is 37.6 Å². The van der Waals surface area contributed by atoms with Gasteiger partial charge >= 0.3 is 21.7 Å². The fraction of sp³-hybridized carbons (Fsp3) is 0.200. The predicted molar refractivity (Wildman–Crippen MR) is 132 cm³/mol. The van der Waals surface area contributed by atoms with Crippen LogP contribution in [0.25, 0.3) is 11.1 Å². The number of halogens is 3. The van der Waals surface area contributed by atoms with Crippen molar-refractivity contribution in [1.29, 1.82) is 10.5 Å². The lowest BCUT2D eigenvalue weighted by atomic mass is 9.88. The number of carbonyl (C=O) groups excluding carboxylic acids is 1. The van der Waals surface area contributed by atoms with Crippen LogP contribution in [0.5, 0.6) is 5.88 Å². The summed E-state index contributed by atoms with van der Waals surface area (Å²) in [4.78, 5) is 16.2. The van der Waals surface area contributed by atoms with Gasteiger partial charge in [-0.1, -0.05) is 32.9 Å². The fourth-order valence-electron chi connectivity index (χ4n) is 3.11. The Balaban J connectivity index is 1.94. The molecule has 0 radical (unpaired) electrons. The predicted octanol–water partition coefficient (Wildman–Crippen LogP) is 5.66. The molecule has 2 amide bonds. The summed E-state index contributed by atoms with van der Waals surface area (Å²) in [6.07, 6.45) is 0. The minimum absolute atomic E-state index is 0.0911. The molecule has 3 aromatic rings. The molecule has 0 saturated carbocycles. The van der Waals surface area contributed by atoms with Gasteiger partial charge in [0.25, 0.3) is 5.88 Å². The summed E-state index contributed by atoms with van der Waals surface area (Å²) in [5.74, 6) is -0.990. The molecule has 196 valence electrons. The topological polar surface area (TPSA) is 145 Å². The lowest BCUT2D eigenvalue weighted by Gasteiger charge is -2.21. The number of carbonyl (C=O) groups is 1. The average molecular weight is 544 g/mol. The van der Waals surface area contributed by atoms with Crippen molar-refractivity contribution in [3.8, 4) is 29.1 Å². The van der Waals surface area contributed by atoms with Crippen molar-refractivity contribution in [2.75, 3.05) is 10.6 Å². The first-order valence-corrected chi connectivity index (χ1v) is 12.2. The molecule has 2 N–H and O–H groups in total. The van der Waals surface area contributed by atoms with Gasteiger partial charge in [-0.25, -0.2) is 9.78 Å². The number of aromatic nitrogens is 1. The molecule has 0 unspecified atom stereocenters. The van der Waals surface area contributed by atoms with E-state index in [0.29, 0.717) is 22.5 Å². The SMILES string of the molecule is CC(C)(C)c1cc(-c2ccc(NC(=O)Nc3ccc(C#N)cc3)cc2)c(C#N)c(OS(=O)(=O)C(F)(F)F)n1. The highest BCUT2D eigenvalue weighted by atomic mass is 32.2. The Morgan fingerprint density at radius 2 is 1.45 bits per heavy atom. The summed E-state index contributed by atoms with van der Waals surface area (Å²) in [5.41, 5.74) is -5.13. The lowest BCUT2D eigenvalue weighted by molar-refractivity contribution is -0.0501. The lowest BCUT2D eigenvalue weighted by Crippen LogP contribution is -2.29. The van der Waals surface area contributed by atoms with E-state index in [0.717, 1.165) is 0 Å². The first-order chi connectivity index (χ1) is 17.6. The Hall–Kier alpha value is -4.62. The van der Waals surface area contributed by atoms with Crippen LogP contribution in [0.4, 0.5) is 29.3 Å². The standard InChI is InChI=1S/C25H20F3N5O4S/c1-24(2,3)21-12-19(20(14-30)22(33-21)37-38(35,36)25(26,27)28)16-6-10-18(11-7-16)32-23(34)31-17-8-4-15(13-29)5-9-17/h4-12H,1-3H3,(H2,31,32,34). The van der Waals surface area contributed by atoms with Crippen LogP contribution in [-0.4, -0.2) is 24.9 Å². The quantitative estimate of drug-likeness (QED) is 0.312. The summed E-state index contributed by atoms with van der Waals surface area (Å²) in [5, 5.41) is 23.7. The second kappa shape index (κ2) is 10.4. The molecule has 13 heteroatoms. The maximum Gasteiger partial charge on any atom is 0.534 e. The summed E-state index contributed by atoms with van der Waals surface area (Å²) < 4.78 is 66.4. The highest BCUT2D eigenvalue weighted by Gasteiger charge is 2.49. The van der Waals surface area contributed by atoms with E-state index in [4.69, 9.17) is 5.26 Å². The third-order valence-corrected chi connectivity index (χ3v) is 6.01. The van der Waals surface area contributed by atoms with E-state index >= 15 is 0 Å². The summed E-state index contributed by atoms with van der Waals surface area (Å²) >= 11 is 0. The Kier molecular flexibility index (Phi) is 7.65. The van der Waals surface area contributed by atoms with Gasteiger partial charge in [0.15, 0.2) is 0 Å². The molecule has 0 aliphatic heterocycles. The van der Waals surface area contributed by atoms with Crippen LogP contribution in [0.15, 0.2) is 54.6 Å². The number of nitrogens with zero attached hydrogens (tertiary/aromatic N) is 3. The highest BCUT2D eigenvalue weighted by molar-refractivity contribution is 7.88. The van der Waals surface area contributed by atoms with Gasteiger partial charge in [-0.3, -0.25) is 0 Å². The molecular weight excluding hydrogens is 523 g/mol. The summed E-state index contributed by atoms with van der Waals surface area (Å²) in [6.45, 7) is 5.10. The number of anilines is 2. The zero-order chi connectivity index (χ0) is 28.3. The number of alkyl halides is 3. The monoisotopic (exact) mass is 543 g/mol. The van der Waals surface area contributed by atoms with Gasteiger partial charge in [-0.15, -0.1) is 0 Å². The van der Waals surface area contributed by atoms with Gasteiger partial charge in [-0.2, -0.15) is 32.1 Å². The molecule has 1 heterocycles. The Morgan fingerprint density at radius 1 is 0.921 bits per heavy atom. The molecule has 0 aliphatic carbocycles. The number of benzene rings is 2. The molecule has 0 bridgehead atoms. The number of hydrogen-bond acceptors (Lipinski definition) is 7. The Morgan fingerprint density at radius 3 is 1.89 bits per heavy atom. The molecular formula is C25H20F3N5O4S. The number of amides is 2. The minimum Gasteiger partial charge on any atom is -0.354 e. The Bertz CT molecular complexity index is 1550. The van der Waals surface area contributed by atoms with Gasteiger partial charge in [-0.05, 0) is 48.0 Å². The molecule has 9 nitrogen and oxygen atoms in total. The fourth-order valence-corrected chi connectivity index (χ4v) is 3.53. The van der Waals surface area contributed by atoms with Crippen molar-refractivity contribution in [2.45, 2.75) is 31.7 Å². The molecule has 0 spiro atoms. The van der Waals surface area contributed by atoms with Gasteiger partial charge in [0.2, 0.25) is 0 Å². The van der Waals surface area contributed by atoms with Crippen molar-refractivity contribution in [3.63, 3.8) is 0 Å². The van der Waals surface area contributed by atoms with E-state index in [9.17, 15) is 31.6 Å². The van der Waals surface area contributed by atoms with Gasteiger partial charge < -0.3 is 14.8 Å².